The number of aromatic nitrogens is 2. The van der Waals surface area contributed by atoms with Gasteiger partial charge >= 0.3 is 0 Å². The maximum absolute atomic E-state index is 11.7. The number of rotatable bonds is 5. The first-order valence-electron chi connectivity index (χ1n) is 8.74. The van der Waals surface area contributed by atoms with Crippen molar-refractivity contribution in [3.05, 3.63) is 42.2 Å². The normalized spacial score (nSPS) is 14.5. The Labute approximate surface area is 150 Å². The number of fused-ring (bicyclic) bond motifs is 1. The van der Waals surface area contributed by atoms with Gasteiger partial charge in [0, 0.05) is 31.4 Å². The van der Waals surface area contributed by atoms with Crippen molar-refractivity contribution in [1.82, 2.24) is 15.3 Å². The van der Waals surface area contributed by atoms with E-state index < -0.39 is 0 Å². The van der Waals surface area contributed by atoms with Crippen molar-refractivity contribution in [2.75, 3.05) is 12.4 Å². The van der Waals surface area contributed by atoms with Gasteiger partial charge in [-0.3, -0.25) is 9.78 Å². The molecule has 0 atom stereocenters. The number of hydrogen-bond acceptors (Lipinski definition) is 6. The molecule has 1 aliphatic rings. The van der Waals surface area contributed by atoms with Crippen LogP contribution < -0.4 is 15.4 Å². The van der Waals surface area contributed by atoms with Crippen molar-refractivity contribution in [3.8, 4) is 11.5 Å². The van der Waals surface area contributed by atoms with Crippen LogP contribution in [0.3, 0.4) is 0 Å². The molecular weight excluding hydrogens is 332 g/mol. The van der Waals surface area contributed by atoms with E-state index in [-0.39, 0.29) is 5.91 Å². The van der Waals surface area contributed by atoms with Gasteiger partial charge in [-0.05, 0) is 31.0 Å². The highest BCUT2D eigenvalue weighted by molar-refractivity contribution is 5.92. The van der Waals surface area contributed by atoms with Crippen molar-refractivity contribution in [3.63, 3.8) is 0 Å². The summed E-state index contributed by atoms with van der Waals surface area (Å²) >= 11 is 0. The smallest absolute Gasteiger partial charge is 0.295 e. The lowest BCUT2D eigenvalue weighted by Gasteiger charge is -2.08. The number of carbonyl (C=O) groups is 1. The third-order valence-corrected chi connectivity index (χ3v) is 4.47. The molecule has 0 radical (unpaired) electrons. The van der Waals surface area contributed by atoms with Gasteiger partial charge in [0.2, 0.25) is 0 Å². The summed E-state index contributed by atoms with van der Waals surface area (Å²) in [5.41, 5.74) is 1.73. The summed E-state index contributed by atoms with van der Waals surface area (Å²) < 4.78 is 11.6. The van der Waals surface area contributed by atoms with Crippen molar-refractivity contribution in [2.45, 2.75) is 31.7 Å². The summed E-state index contributed by atoms with van der Waals surface area (Å²) in [5, 5.41) is 5.90. The van der Waals surface area contributed by atoms with Crippen LogP contribution in [0, 0.1) is 0 Å². The molecule has 0 saturated heterocycles. The van der Waals surface area contributed by atoms with Crippen LogP contribution in [0.5, 0.6) is 11.5 Å². The lowest BCUT2D eigenvalue weighted by atomic mass is 10.3. The Morgan fingerprint density at radius 2 is 2.00 bits per heavy atom. The fraction of sp³-hybridized carbons (Fsp3) is 0.316. The molecule has 2 heterocycles. The van der Waals surface area contributed by atoms with Crippen LogP contribution in [-0.4, -0.2) is 29.0 Å². The zero-order valence-electron chi connectivity index (χ0n) is 14.5. The van der Waals surface area contributed by atoms with Crippen LogP contribution in [0.4, 0.5) is 6.01 Å². The Bertz CT molecular complexity index is 931. The molecule has 1 saturated carbocycles. The van der Waals surface area contributed by atoms with E-state index in [0.717, 1.165) is 18.4 Å². The molecule has 4 rings (SSSR count). The van der Waals surface area contributed by atoms with Gasteiger partial charge in [0.15, 0.2) is 5.58 Å². The number of carbonyl (C=O) groups excluding carboxylic acids is 1. The summed E-state index contributed by atoms with van der Waals surface area (Å²) in [5.74, 6) is 0.876. The molecule has 2 aromatic heterocycles. The van der Waals surface area contributed by atoms with Crippen molar-refractivity contribution < 1.29 is 13.9 Å². The summed E-state index contributed by atoms with van der Waals surface area (Å²) in [4.78, 5) is 20.2. The van der Waals surface area contributed by atoms with Gasteiger partial charge in [-0.2, -0.15) is 4.98 Å². The number of anilines is 1. The van der Waals surface area contributed by atoms with Crippen LogP contribution in [0.2, 0.25) is 0 Å². The summed E-state index contributed by atoms with van der Waals surface area (Å²) in [7, 11) is 1.56. The number of oxazole rings is 1. The minimum absolute atomic E-state index is 0.260. The SMILES string of the molecule is CNC(=O)c1cc(Oc2ccc3nc(NC4CCCC4)oc3c2)ccn1. The monoisotopic (exact) mass is 352 g/mol. The number of pyridine rings is 1. The van der Waals surface area contributed by atoms with Gasteiger partial charge in [0.1, 0.15) is 22.7 Å². The Morgan fingerprint density at radius 1 is 1.19 bits per heavy atom. The number of amides is 1. The molecule has 1 amide bonds. The zero-order valence-corrected chi connectivity index (χ0v) is 14.5. The van der Waals surface area contributed by atoms with Crippen molar-refractivity contribution in [2.24, 2.45) is 0 Å². The van der Waals surface area contributed by atoms with Gasteiger partial charge in [-0.15, -0.1) is 0 Å². The third-order valence-electron chi connectivity index (χ3n) is 4.47. The van der Waals surface area contributed by atoms with E-state index in [1.165, 1.54) is 19.0 Å². The molecule has 7 heteroatoms. The van der Waals surface area contributed by atoms with Gasteiger partial charge in [0.25, 0.3) is 11.9 Å². The Kier molecular flexibility index (Phi) is 4.43. The number of hydrogen-bond donors (Lipinski definition) is 2. The molecule has 1 aromatic carbocycles. The van der Waals surface area contributed by atoms with Gasteiger partial charge in [-0.1, -0.05) is 12.8 Å². The van der Waals surface area contributed by atoms with E-state index in [9.17, 15) is 4.79 Å². The summed E-state index contributed by atoms with van der Waals surface area (Å²) in [6, 6.07) is 9.76. The van der Waals surface area contributed by atoms with E-state index in [0.29, 0.717) is 34.8 Å². The number of ether oxygens (including phenoxy) is 1. The van der Waals surface area contributed by atoms with E-state index in [2.05, 4.69) is 20.6 Å². The number of nitrogens with zero attached hydrogens (tertiary/aromatic N) is 2. The Balaban J connectivity index is 1.52. The lowest BCUT2D eigenvalue weighted by molar-refractivity contribution is 0.0958. The third kappa shape index (κ3) is 3.46. The predicted octanol–water partition coefficient (Wildman–Crippen LogP) is 3.73. The lowest BCUT2D eigenvalue weighted by Crippen LogP contribution is -2.18. The molecule has 0 unspecified atom stereocenters. The topological polar surface area (TPSA) is 89.3 Å². The average Bonchev–Trinajstić information content (AvgIpc) is 3.30. The fourth-order valence-corrected chi connectivity index (χ4v) is 3.14. The van der Waals surface area contributed by atoms with Crippen molar-refractivity contribution >= 4 is 23.0 Å². The highest BCUT2D eigenvalue weighted by Gasteiger charge is 2.17. The van der Waals surface area contributed by atoms with Crippen LogP contribution in [0.25, 0.3) is 11.1 Å². The minimum Gasteiger partial charge on any atom is -0.457 e. The highest BCUT2D eigenvalue weighted by atomic mass is 16.5. The van der Waals surface area contributed by atoms with Crippen LogP contribution in [0.1, 0.15) is 36.2 Å². The number of benzene rings is 1. The molecule has 2 N–H and O–H groups in total. The van der Waals surface area contributed by atoms with E-state index in [4.69, 9.17) is 9.15 Å². The fourth-order valence-electron chi connectivity index (χ4n) is 3.14. The molecule has 1 fully saturated rings. The maximum atomic E-state index is 11.7. The molecule has 1 aliphatic carbocycles. The molecule has 0 bridgehead atoms. The second-order valence-corrected chi connectivity index (χ2v) is 6.33. The molecule has 3 aromatic rings. The van der Waals surface area contributed by atoms with Crippen LogP contribution >= 0.6 is 0 Å². The summed E-state index contributed by atoms with van der Waals surface area (Å²) in [6.45, 7) is 0. The maximum Gasteiger partial charge on any atom is 0.295 e. The van der Waals surface area contributed by atoms with E-state index in [1.807, 2.05) is 12.1 Å². The first kappa shape index (κ1) is 16.4. The molecule has 7 nitrogen and oxygen atoms in total. The first-order valence-corrected chi connectivity index (χ1v) is 8.74. The van der Waals surface area contributed by atoms with Gasteiger partial charge < -0.3 is 19.8 Å². The highest BCUT2D eigenvalue weighted by Crippen LogP contribution is 2.29. The van der Waals surface area contributed by atoms with Crippen LogP contribution in [-0.2, 0) is 0 Å². The standard InChI is InChI=1S/C19H20N4O3/c1-20-18(24)16-10-14(8-9-21-16)25-13-6-7-15-17(11-13)26-19(23-15)22-12-4-2-3-5-12/h6-12H,2-5H2,1H3,(H,20,24)(H,22,23). The molecule has 0 aliphatic heterocycles. The Morgan fingerprint density at radius 3 is 2.81 bits per heavy atom. The van der Waals surface area contributed by atoms with E-state index >= 15 is 0 Å². The molecule has 26 heavy (non-hydrogen) atoms. The summed E-state index contributed by atoms with van der Waals surface area (Å²) in [6.07, 6.45) is 6.35. The number of nitrogens with one attached hydrogen (secondary N) is 2. The Hall–Kier alpha value is -3.09. The van der Waals surface area contributed by atoms with Crippen molar-refractivity contribution in [1.29, 1.82) is 0 Å². The molecule has 134 valence electrons. The minimum atomic E-state index is -0.260. The quantitative estimate of drug-likeness (QED) is 0.727. The zero-order chi connectivity index (χ0) is 17.9. The van der Waals surface area contributed by atoms with Gasteiger partial charge in [0.05, 0.1) is 0 Å². The second-order valence-electron chi connectivity index (χ2n) is 6.33. The largest absolute Gasteiger partial charge is 0.457 e. The van der Waals surface area contributed by atoms with Gasteiger partial charge in [-0.25, -0.2) is 0 Å². The molecular formula is C19H20N4O3. The average molecular weight is 352 g/mol. The first-order chi connectivity index (χ1) is 12.7. The van der Waals surface area contributed by atoms with Crippen LogP contribution in [0.15, 0.2) is 40.9 Å². The second kappa shape index (κ2) is 7.03. The molecule has 0 spiro atoms. The van der Waals surface area contributed by atoms with E-state index in [1.54, 1.807) is 25.2 Å². The predicted molar refractivity (Wildman–Crippen MR) is 97.6 cm³/mol.